The van der Waals surface area contributed by atoms with E-state index in [1.165, 1.54) is 10.9 Å². The van der Waals surface area contributed by atoms with Gasteiger partial charge in [-0.25, -0.2) is 4.58 Å². The molecule has 1 aliphatic rings. The van der Waals surface area contributed by atoms with Crippen molar-refractivity contribution in [3.63, 3.8) is 0 Å². The van der Waals surface area contributed by atoms with Crippen LogP contribution in [-0.4, -0.2) is 62.2 Å². The maximum atomic E-state index is 13.8. The molecule has 2 aromatic carbocycles. The normalized spacial score (nSPS) is 17.3. The van der Waals surface area contributed by atoms with Gasteiger partial charge in [0.25, 0.3) is 5.91 Å². The van der Waals surface area contributed by atoms with Crippen molar-refractivity contribution in [2.45, 2.75) is 26.7 Å². The molecule has 0 saturated carbocycles. The molecule has 10 heteroatoms. The summed E-state index contributed by atoms with van der Waals surface area (Å²) in [5.74, 6) is 0.750. The Labute approximate surface area is 243 Å². The van der Waals surface area contributed by atoms with Crippen LogP contribution in [0.15, 0.2) is 61.1 Å². The number of hydrogen-bond acceptors (Lipinski definition) is 6. The zero-order chi connectivity index (χ0) is 29.1. The van der Waals surface area contributed by atoms with Gasteiger partial charge < -0.3 is 10.2 Å². The Morgan fingerprint density at radius 1 is 1.17 bits per heavy atom. The molecule has 4 aromatic rings. The molecule has 1 unspecified atom stereocenters. The van der Waals surface area contributed by atoms with Crippen molar-refractivity contribution in [2.24, 2.45) is 11.8 Å². The molecule has 0 radical (unpaired) electrons. The van der Waals surface area contributed by atoms with Crippen molar-refractivity contribution in [2.75, 3.05) is 25.5 Å². The summed E-state index contributed by atoms with van der Waals surface area (Å²) in [6.45, 7) is 5.31. The van der Waals surface area contributed by atoms with Gasteiger partial charge in [0.05, 0.1) is 30.6 Å². The Balaban J connectivity index is 1.45. The Morgan fingerprint density at radius 3 is 2.76 bits per heavy atom. The average molecular weight is 569 g/mol. The molecule has 41 heavy (non-hydrogen) atoms. The van der Waals surface area contributed by atoms with Crippen LogP contribution < -0.4 is 5.32 Å². The summed E-state index contributed by atoms with van der Waals surface area (Å²) in [6.07, 6.45) is 6.00. The third kappa shape index (κ3) is 5.70. The summed E-state index contributed by atoms with van der Waals surface area (Å²) in [5.41, 5.74) is 3.36. The van der Waals surface area contributed by atoms with E-state index >= 15 is 0 Å². The fourth-order valence-electron chi connectivity index (χ4n) is 5.24. The number of rotatable bonds is 6. The number of benzene rings is 2. The van der Waals surface area contributed by atoms with E-state index in [0.29, 0.717) is 46.7 Å². The van der Waals surface area contributed by atoms with Gasteiger partial charge in [-0.1, -0.05) is 36.7 Å². The smallest absolute Gasteiger partial charge is 0.335 e. The Bertz CT molecular complexity index is 1700. The van der Waals surface area contributed by atoms with E-state index in [4.69, 9.17) is 16.9 Å². The molecule has 1 amide bonds. The molecule has 5 rings (SSSR count). The van der Waals surface area contributed by atoms with Gasteiger partial charge in [-0.05, 0) is 60.1 Å². The largest absolute Gasteiger partial charge is 0.355 e. The van der Waals surface area contributed by atoms with Crippen molar-refractivity contribution in [1.82, 2.24) is 19.4 Å². The second-order valence-electron chi connectivity index (χ2n) is 10.4. The first-order valence-corrected chi connectivity index (χ1v) is 13.9. The molecule has 1 N–H and O–H groups in total. The van der Waals surface area contributed by atoms with Crippen LogP contribution in [-0.2, 0) is 4.79 Å². The first kappa shape index (κ1) is 28.0. The van der Waals surface area contributed by atoms with Crippen LogP contribution in [0.4, 0.5) is 17.2 Å². The number of hydrogen-bond donors (Lipinski definition) is 1. The van der Waals surface area contributed by atoms with Gasteiger partial charge in [0.2, 0.25) is 12.2 Å². The van der Waals surface area contributed by atoms with E-state index in [0.717, 1.165) is 23.1 Å². The van der Waals surface area contributed by atoms with Crippen molar-refractivity contribution in [1.29, 1.82) is 5.26 Å². The molecule has 2 aromatic heterocycles. The molecule has 1 saturated heterocycles. The van der Waals surface area contributed by atoms with Crippen molar-refractivity contribution in [3.8, 4) is 6.07 Å². The van der Waals surface area contributed by atoms with E-state index in [2.05, 4.69) is 28.4 Å². The summed E-state index contributed by atoms with van der Waals surface area (Å²) in [7, 11) is 1.91. The average Bonchev–Trinajstić information content (AvgIpc) is 3.41. The molecule has 3 heterocycles. The highest BCUT2D eigenvalue weighted by atomic mass is 35.5. The van der Waals surface area contributed by atoms with Crippen LogP contribution in [0.2, 0.25) is 5.02 Å². The zero-order valence-corrected chi connectivity index (χ0v) is 24.0. The molecule has 9 nitrogen and oxygen atoms in total. The molecule has 0 spiro atoms. The number of carbonyl (C=O) groups excluding carboxylic acids is 2. The second-order valence-corrected chi connectivity index (χ2v) is 10.8. The molecule has 1 aliphatic heterocycles. The lowest BCUT2D eigenvalue weighted by Gasteiger charge is -2.34. The highest BCUT2D eigenvalue weighted by Crippen LogP contribution is 2.30. The second kappa shape index (κ2) is 11.9. The molecule has 1 fully saturated rings. The number of piperidine rings is 1. The van der Waals surface area contributed by atoms with Crippen molar-refractivity contribution < 1.29 is 14.2 Å². The van der Waals surface area contributed by atoms with Gasteiger partial charge in [0, 0.05) is 35.9 Å². The fraction of sp³-hybridized carbons (Fsp3) is 0.290. The maximum absolute atomic E-state index is 13.8. The Morgan fingerprint density at radius 2 is 1.95 bits per heavy atom. The van der Waals surface area contributed by atoms with Gasteiger partial charge in [-0.3, -0.25) is 14.2 Å². The first-order chi connectivity index (χ1) is 19.8. The van der Waals surface area contributed by atoms with Crippen molar-refractivity contribution in [3.05, 3.63) is 77.2 Å². The minimum atomic E-state index is -0.230. The number of fused-ring (bicyclic) bond motifs is 1. The monoisotopic (exact) mass is 568 g/mol. The number of amides is 1. The molecular formula is C31H31ClN7O2+. The topological polar surface area (TPSA) is 107 Å². The van der Waals surface area contributed by atoms with Gasteiger partial charge in [-0.2, -0.15) is 10.2 Å². The van der Waals surface area contributed by atoms with E-state index in [9.17, 15) is 9.59 Å². The molecule has 208 valence electrons. The van der Waals surface area contributed by atoms with Crippen LogP contribution in [0.1, 0.15) is 35.7 Å². The lowest BCUT2D eigenvalue weighted by molar-refractivity contribution is -0.405. The van der Waals surface area contributed by atoms with E-state index in [1.54, 1.807) is 17.2 Å². The van der Waals surface area contributed by atoms with E-state index < -0.39 is 0 Å². The minimum Gasteiger partial charge on any atom is -0.355 e. The number of aromatic nitrogens is 3. The van der Waals surface area contributed by atoms with Crippen LogP contribution >= 0.6 is 11.6 Å². The van der Waals surface area contributed by atoms with Gasteiger partial charge >= 0.3 is 5.82 Å². The number of nitriles is 1. The fourth-order valence-corrected chi connectivity index (χ4v) is 5.41. The predicted molar refractivity (Wildman–Crippen MR) is 159 cm³/mol. The summed E-state index contributed by atoms with van der Waals surface area (Å²) < 4.78 is 3.47. The lowest BCUT2D eigenvalue weighted by atomic mass is 9.87. The standard InChI is InChI=1S/C31H30ClN7O2/c1-20-12-15-38(28(40)11-14-33)18-22(20)17-37(3)29-24-13-16-39(30(24)35-19-34-29)31(41)23-7-4-5-9-27(23)36-26-10-6-8-25(32)21(26)2/h4-10,13,16-17,19-20,22H,11-12,15,18H2,1-3H3/p+1/t20-,22?/m1/s1. The lowest BCUT2D eigenvalue weighted by Crippen LogP contribution is -2.44. The van der Waals surface area contributed by atoms with Crippen LogP contribution in [0, 0.1) is 30.1 Å². The predicted octanol–water partition coefficient (Wildman–Crippen LogP) is 5.57. The Kier molecular flexibility index (Phi) is 8.13. The maximum Gasteiger partial charge on any atom is 0.335 e. The summed E-state index contributed by atoms with van der Waals surface area (Å²) in [4.78, 5) is 36.9. The van der Waals surface area contributed by atoms with Gasteiger partial charge in [-0.15, -0.1) is 0 Å². The van der Waals surface area contributed by atoms with Crippen LogP contribution in [0.25, 0.3) is 11.0 Å². The van der Waals surface area contributed by atoms with E-state index in [-0.39, 0.29) is 24.2 Å². The molecule has 2 atom stereocenters. The quantitative estimate of drug-likeness (QED) is 0.241. The molecule has 0 bridgehead atoms. The summed E-state index contributed by atoms with van der Waals surface area (Å²) in [5, 5.41) is 13.7. The summed E-state index contributed by atoms with van der Waals surface area (Å²) >= 11 is 6.31. The Hall–Kier alpha value is -4.55. The first-order valence-electron chi connectivity index (χ1n) is 13.5. The number of nitrogens with one attached hydrogen (secondary N) is 1. The number of nitrogens with zero attached hydrogens (tertiary/aromatic N) is 6. The van der Waals surface area contributed by atoms with Crippen LogP contribution in [0.3, 0.4) is 0 Å². The minimum absolute atomic E-state index is 0.0954. The zero-order valence-electron chi connectivity index (χ0n) is 23.2. The SMILES string of the molecule is Cc1c(Cl)cccc1Nc1ccccc1C(=O)n1ccc2c([N+](C)=CC3CN(C(=O)CC#N)CC[C@H]3C)ncnc21. The number of carbonyl (C=O) groups is 2. The number of anilines is 2. The third-order valence-corrected chi connectivity index (χ3v) is 8.13. The van der Waals surface area contributed by atoms with Gasteiger partial charge in [0.15, 0.2) is 5.65 Å². The number of para-hydroxylation sites is 1. The van der Waals surface area contributed by atoms with Gasteiger partial charge in [0.1, 0.15) is 11.8 Å². The van der Waals surface area contributed by atoms with Crippen molar-refractivity contribution >= 4 is 57.9 Å². The molecular weight excluding hydrogens is 538 g/mol. The number of likely N-dealkylation sites (tertiary alicyclic amines) is 1. The van der Waals surface area contributed by atoms with E-state index in [1.807, 2.05) is 67.1 Å². The highest BCUT2D eigenvalue weighted by molar-refractivity contribution is 6.31. The molecule has 0 aliphatic carbocycles. The highest BCUT2D eigenvalue weighted by Gasteiger charge is 2.30. The summed E-state index contributed by atoms with van der Waals surface area (Å²) in [6, 6.07) is 16.8. The van der Waals surface area contributed by atoms with Crippen LogP contribution in [0.5, 0.6) is 0 Å². The number of halogens is 1. The third-order valence-electron chi connectivity index (χ3n) is 7.72.